The minimum Gasteiger partial charge on any atom is -0.338 e. The van der Waals surface area contributed by atoms with Gasteiger partial charge < -0.3 is 20.0 Å². The Bertz CT molecular complexity index is 731. The van der Waals surface area contributed by atoms with Gasteiger partial charge in [0, 0.05) is 51.5 Å². The smallest absolute Gasteiger partial charge is 0.317 e. The van der Waals surface area contributed by atoms with E-state index >= 15 is 0 Å². The predicted molar refractivity (Wildman–Crippen MR) is 104 cm³/mol. The number of aromatic nitrogens is 2. The van der Waals surface area contributed by atoms with Crippen LogP contribution < -0.4 is 5.32 Å². The molecule has 1 N–H and O–H groups in total. The molecule has 0 aromatic carbocycles. The lowest BCUT2D eigenvalue weighted by Gasteiger charge is -2.32. The maximum absolute atomic E-state index is 12.8. The second-order valence-electron chi connectivity index (χ2n) is 7.85. The molecule has 2 aliphatic rings. The Labute approximate surface area is 165 Å². The van der Waals surface area contributed by atoms with Gasteiger partial charge in [0.1, 0.15) is 12.2 Å². The zero-order valence-electron chi connectivity index (χ0n) is 16.9. The number of carbonyl (C=O) groups is 3. The number of carbonyl (C=O) groups excluding carboxylic acids is 3. The molecular weight excluding hydrogens is 360 g/mol. The van der Waals surface area contributed by atoms with Crippen LogP contribution in [0, 0.1) is 0 Å². The van der Waals surface area contributed by atoms with Crippen LogP contribution in [0.25, 0.3) is 0 Å². The number of hydrogen-bond donors (Lipinski definition) is 1. The predicted octanol–water partition coefficient (Wildman–Crippen LogP) is 0.942. The van der Waals surface area contributed by atoms with Crippen molar-refractivity contribution < 1.29 is 14.4 Å². The summed E-state index contributed by atoms with van der Waals surface area (Å²) in [6.45, 7) is 6.51. The van der Waals surface area contributed by atoms with Crippen LogP contribution in [0.4, 0.5) is 4.79 Å². The number of likely N-dealkylation sites (tertiary alicyclic amines) is 1. The summed E-state index contributed by atoms with van der Waals surface area (Å²) >= 11 is 0. The number of nitrogens with one attached hydrogen (secondary N) is 1. The Morgan fingerprint density at radius 3 is 2.79 bits per heavy atom. The third-order valence-electron chi connectivity index (χ3n) is 5.38. The van der Waals surface area contributed by atoms with Gasteiger partial charge in [0.05, 0.1) is 0 Å². The molecule has 1 unspecified atom stereocenters. The van der Waals surface area contributed by atoms with Gasteiger partial charge in [-0.05, 0) is 39.2 Å². The summed E-state index contributed by atoms with van der Waals surface area (Å²) in [7, 11) is 1.75. The maximum Gasteiger partial charge on any atom is 0.317 e. The fraction of sp³-hybridized carbons (Fsp3) is 0.684. The molecule has 9 nitrogen and oxygen atoms in total. The molecule has 1 atom stereocenters. The third-order valence-corrected chi connectivity index (χ3v) is 5.38. The van der Waals surface area contributed by atoms with Crippen LogP contribution in [0.3, 0.4) is 0 Å². The Morgan fingerprint density at radius 1 is 1.32 bits per heavy atom. The van der Waals surface area contributed by atoms with Crippen molar-refractivity contribution in [1.82, 2.24) is 29.8 Å². The van der Waals surface area contributed by atoms with Gasteiger partial charge in [0.25, 0.3) is 5.91 Å². The van der Waals surface area contributed by atoms with Crippen molar-refractivity contribution in [1.29, 1.82) is 0 Å². The lowest BCUT2D eigenvalue weighted by Crippen LogP contribution is -2.52. The summed E-state index contributed by atoms with van der Waals surface area (Å²) in [6, 6.07) is 1.72. The van der Waals surface area contributed by atoms with Crippen LogP contribution in [0.2, 0.25) is 0 Å². The molecule has 2 saturated heterocycles. The van der Waals surface area contributed by atoms with E-state index in [0.717, 1.165) is 19.3 Å². The number of likely N-dealkylation sites (N-methyl/N-ethyl adjacent to an activating group) is 1. The highest BCUT2D eigenvalue weighted by Gasteiger charge is 2.32. The van der Waals surface area contributed by atoms with Gasteiger partial charge in [-0.25, -0.2) is 4.79 Å². The summed E-state index contributed by atoms with van der Waals surface area (Å²) < 4.78 is 1.76. The first-order valence-corrected chi connectivity index (χ1v) is 9.99. The van der Waals surface area contributed by atoms with Gasteiger partial charge in [-0.3, -0.25) is 14.3 Å². The Morgan fingerprint density at radius 2 is 2.11 bits per heavy atom. The zero-order valence-corrected chi connectivity index (χ0v) is 16.9. The monoisotopic (exact) mass is 390 g/mol. The van der Waals surface area contributed by atoms with Crippen molar-refractivity contribution in [3.63, 3.8) is 0 Å². The number of urea groups is 1. The topological polar surface area (TPSA) is 90.8 Å². The quantitative estimate of drug-likeness (QED) is 0.783. The largest absolute Gasteiger partial charge is 0.338 e. The molecule has 0 bridgehead atoms. The first-order valence-electron chi connectivity index (χ1n) is 9.99. The zero-order chi connectivity index (χ0) is 20.3. The molecule has 1 aromatic heterocycles. The lowest BCUT2D eigenvalue weighted by molar-refractivity contribution is -0.132. The Balaban J connectivity index is 1.58. The molecule has 0 aliphatic carbocycles. The van der Waals surface area contributed by atoms with Crippen LogP contribution in [0.5, 0.6) is 0 Å². The van der Waals surface area contributed by atoms with Crippen molar-refractivity contribution >= 4 is 17.8 Å². The van der Waals surface area contributed by atoms with E-state index in [1.807, 2.05) is 18.7 Å². The van der Waals surface area contributed by atoms with E-state index in [-0.39, 0.29) is 36.5 Å². The Kier molecular flexibility index (Phi) is 6.21. The van der Waals surface area contributed by atoms with Crippen molar-refractivity contribution in [2.45, 2.75) is 45.2 Å². The standard InChI is InChI=1S/C19H30N6O3/c1-14(2)25-11-7-16(21-25)18(27)22(3)12-15-6-4-10-24(15)17(26)13-23-9-5-8-20-19(23)28/h7,11,14-15H,4-6,8-10,12-13H2,1-3H3,(H,20,28). The van der Waals surface area contributed by atoms with E-state index in [1.54, 1.807) is 33.8 Å². The third kappa shape index (κ3) is 4.45. The van der Waals surface area contributed by atoms with Gasteiger partial charge in [-0.15, -0.1) is 0 Å². The molecule has 9 heteroatoms. The molecule has 3 heterocycles. The van der Waals surface area contributed by atoms with Gasteiger partial charge in [0.15, 0.2) is 0 Å². The molecule has 2 fully saturated rings. The van der Waals surface area contributed by atoms with Crippen LogP contribution in [0.1, 0.15) is 49.6 Å². The molecule has 1 aromatic rings. The summed E-state index contributed by atoms with van der Waals surface area (Å²) in [5.74, 6) is -0.196. The summed E-state index contributed by atoms with van der Waals surface area (Å²) in [5.41, 5.74) is 0.414. The maximum atomic E-state index is 12.8. The number of amides is 4. The average molecular weight is 390 g/mol. The minimum atomic E-state index is -0.177. The molecule has 4 amide bonds. The first-order chi connectivity index (χ1) is 13.4. The first kappa shape index (κ1) is 20.2. The Hall–Kier alpha value is -2.58. The van der Waals surface area contributed by atoms with E-state index in [4.69, 9.17) is 0 Å². The fourth-order valence-electron chi connectivity index (χ4n) is 3.77. The van der Waals surface area contributed by atoms with E-state index in [2.05, 4.69) is 10.4 Å². The van der Waals surface area contributed by atoms with Gasteiger partial charge >= 0.3 is 6.03 Å². The van der Waals surface area contributed by atoms with Crippen LogP contribution in [-0.4, -0.2) is 88.1 Å². The van der Waals surface area contributed by atoms with E-state index in [1.165, 1.54) is 0 Å². The summed E-state index contributed by atoms with van der Waals surface area (Å²) in [4.78, 5) is 42.3. The van der Waals surface area contributed by atoms with Crippen molar-refractivity contribution in [3.8, 4) is 0 Å². The van der Waals surface area contributed by atoms with Gasteiger partial charge in [-0.2, -0.15) is 5.10 Å². The molecule has 3 rings (SSSR count). The average Bonchev–Trinajstić information content (AvgIpc) is 3.32. The molecule has 28 heavy (non-hydrogen) atoms. The highest BCUT2D eigenvalue weighted by atomic mass is 16.2. The van der Waals surface area contributed by atoms with Gasteiger partial charge in [0.2, 0.25) is 5.91 Å². The summed E-state index contributed by atoms with van der Waals surface area (Å²) in [6.07, 6.45) is 4.42. The van der Waals surface area contributed by atoms with Crippen molar-refractivity contribution in [2.75, 3.05) is 39.8 Å². The van der Waals surface area contributed by atoms with E-state index in [0.29, 0.717) is 31.9 Å². The second kappa shape index (κ2) is 8.62. The molecule has 0 spiro atoms. The molecule has 2 aliphatic heterocycles. The highest BCUT2D eigenvalue weighted by Crippen LogP contribution is 2.19. The molecule has 154 valence electrons. The molecule has 0 radical (unpaired) electrons. The number of nitrogens with zero attached hydrogens (tertiary/aromatic N) is 5. The van der Waals surface area contributed by atoms with Crippen LogP contribution in [0.15, 0.2) is 12.3 Å². The van der Waals surface area contributed by atoms with Crippen molar-refractivity contribution in [2.24, 2.45) is 0 Å². The van der Waals surface area contributed by atoms with E-state index < -0.39 is 0 Å². The van der Waals surface area contributed by atoms with E-state index in [9.17, 15) is 14.4 Å². The normalized spacial score (nSPS) is 19.9. The second-order valence-corrected chi connectivity index (χ2v) is 7.85. The van der Waals surface area contributed by atoms with Gasteiger partial charge in [-0.1, -0.05) is 0 Å². The fourth-order valence-corrected chi connectivity index (χ4v) is 3.77. The number of hydrogen-bond acceptors (Lipinski definition) is 4. The van der Waals surface area contributed by atoms with Crippen molar-refractivity contribution in [3.05, 3.63) is 18.0 Å². The summed E-state index contributed by atoms with van der Waals surface area (Å²) in [5, 5.41) is 7.11. The molecule has 0 saturated carbocycles. The molecular formula is C19H30N6O3. The SMILES string of the molecule is CC(C)n1ccc(C(=O)N(C)CC2CCCN2C(=O)CN2CCCNC2=O)n1. The lowest BCUT2D eigenvalue weighted by atomic mass is 10.2. The minimum absolute atomic E-state index is 0.0264. The van der Waals surface area contributed by atoms with Crippen LogP contribution in [-0.2, 0) is 4.79 Å². The van der Waals surface area contributed by atoms with Crippen LogP contribution >= 0.6 is 0 Å². The highest BCUT2D eigenvalue weighted by molar-refractivity contribution is 5.92. The number of rotatable bonds is 6.